The van der Waals surface area contributed by atoms with Crippen LogP contribution in [-0.2, 0) is 29.0 Å². The molecule has 4 aromatic rings. The van der Waals surface area contributed by atoms with Gasteiger partial charge in [-0.3, -0.25) is 10.2 Å². The summed E-state index contributed by atoms with van der Waals surface area (Å²) in [5.74, 6) is -1.37. The van der Waals surface area contributed by atoms with Crippen molar-refractivity contribution in [3.8, 4) is 5.75 Å². The molecule has 0 saturated carbocycles. The summed E-state index contributed by atoms with van der Waals surface area (Å²) in [4.78, 5) is 22.3. The van der Waals surface area contributed by atoms with Crippen molar-refractivity contribution in [2.75, 3.05) is 13.2 Å². The van der Waals surface area contributed by atoms with Gasteiger partial charge in [0.15, 0.2) is 11.6 Å². The SMILES string of the molecule is [N-]=[N+]=NCc1ccccc1[C@@H]1OC(c2ccc(OCCCO)cc2)=N[C@]1(Cc1ccccc1Br)C(=O)NNCc1c(F)cccc1F. The van der Waals surface area contributed by atoms with Crippen LogP contribution in [0.3, 0.4) is 0 Å². The maximum absolute atomic E-state index is 14.4. The number of ether oxygens (including phenoxy) is 2. The molecular formula is C34H31BrF2N6O4. The number of hydrazine groups is 1. The molecule has 0 aliphatic carbocycles. The molecule has 0 bridgehead atoms. The lowest BCUT2D eigenvalue weighted by molar-refractivity contribution is -0.130. The topological polar surface area (TPSA) is 141 Å². The van der Waals surface area contributed by atoms with Crippen LogP contribution in [0.2, 0.25) is 0 Å². The summed E-state index contributed by atoms with van der Waals surface area (Å²) in [7, 11) is 0. The summed E-state index contributed by atoms with van der Waals surface area (Å²) in [6.07, 6.45) is -0.469. The highest BCUT2D eigenvalue weighted by Gasteiger charge is 2.54. The summed E-state index contributed by atoms with van der Waals surface area (Å²) in [5.41, 5.74) is 15.0. The van der Waals surface area contributed by atoms with Crippen LogP contribution in [0.5, 0.6) is 5.75 Å². The van der Waals surface area contributed by atoms with E-state index in [1.807, 2.05) is 24.3 Å². The second kappa shape index (κ2) is 15.7. The van der Waals surface area contributed by atoms with E-state index < -0.39 is 29.2 Å². The number of hydrogen-bond donors (Lipinski definition) is 3. The number of carbonyl (C=O) groups excluding carboxylic acids is 1. The minimum Gasteiger partial charge on any atom is -0.494 e. The molecule has 0 spiro atoms. The second-order valence-electron chi connectivity index (χ2n) is 10.7. The van der Waals surface area contributed by atoms with E-state index in [0.29, 0.717) is 35.5 Å². The van der Waals surface area contributed by atoms with Gasteiger partial charge in [0, 0.05) is 46.5 Å². The van der Waals surface area contributed by atoms with E-state index in [0.717, 1.165) is 22.2 Å². The predicted octanol–water partition coefficient (Wildman–Crippen LogP) is 6.62. The highest BCUT2D eigenvalue weighted by Crippen LogP contribution is 2.44. The summed E-state index contributed by atoms with van der Waals surface area (Å²) in [6, 6.07) is 25.0. The van der Waals surface area contributed by atoms with Gasteiger partial charge in [0.1, 0.15) is 17.4 Å². The molecule has 0 aromatic heterocycles. The molecule has 0 saturated heterocycles. The monoisotopic (exact) mass is 704 g/mol. The van der Waals surface area contributed by atoms with Gasteiger partial charge in [-0.05, 0) is 64.7 Å². The van der Waals surface area contributed by atoms with Crippen molar-refractivity contribution in [2.24, 2.45) is 10.1 Å². The third-order valence-electron chi connectivity index (χ3n) is 7.62. The molecule has 10 nitrogen and oxygen atoms in total. The predicted molar refractivity (Wildman–Crippen MR) is 175 cm³/mol. The molecule has 0 unspecified atom stereocenters. The first-order chi connectivity index (χ1) is 22.9. The molecule has 2 atom stereocenters. The van der Waals surface area contributed by atoms with E-state index in [2.05, 4.69) is 36.8 Å². The quantitative estimate of drug-likeness (QED) is 0.0445. The fourth-order valence-electron chi connectivity index (χ4n) is 5.26. The Labute approximate surface area is 278 Å². The largest absolute Gasteiger partial charge is 0.494 e. The highest BCUT2D eigenvalue weighted by atomic mass is 79.9. The van der Waals surface area contributed by atoms with Gasteiger partial charge in [0.2, 0.25) is 5.90 Å². The number of carbonyl (C=O) groups is 1. The van der Waals surface area contributed by atoms with Crippen molar-refractivity contribution >= 4 is 27.7 Å². The van der Waals surface area contributed by atoms with E-state index in [4.69, 9.17) is 25.1 Å². The van der Waals surface area contributed by atoms with Crippen LogP contribution < -0.4 is 15.6 Å². The van der Waals surface area contributed by atoms with Gasteiger partial charge in [-0.15, -0.1) is 0 Å². The van der Waals surface area contributed by atoms with Gasteiger partial charge in [-0.25, -0.2) is 19.2 Å². The van der Waals surface area contributed by atoms with E-state index in [9.17, 15) is 13.6 Å². The van der Waals surface area contributed by atoms with Crippen molar-refractivity contribution in [2.45, 2.75) is 37.6 Å². The lowest BCUT2D eigenvalue weighted by atomic mass is 9.80. The summed E-state index contributed by atoms with van der Waals surface area (Å²) in [5, 5.41) is 12.8. The number of halogens is 3. The van der Waals surface area contributed by atoms with Crippen LogP contribution >= 0.6 is 15.9 Å². The molecule has 47 heavy (non-hydrogen) atoms. The Balaban J connectivity index is 1.58. The third kappa shape index (κ3) is 7.78. The van der Waals surface area contributed by atoms with E-state index in [-0.39, 0.29) is 37.6 Å². The molecule has 13 heteroatoms. The van der Waals surface area contributed by atoms with Crippen molar-refractivity contribution in [1.82, 2.24) is 10.9 Å². The average molecular weight is 706 g/mol. The zero-order chi connectivity index (χ0) is 33.2. The standard InChI is InChI=1S/C34H31BrF2N6O4/c35-28-10-4-2-7-23(28)19-34(33(45)42-39-21-27-29(36)11-5-12-30(27)37)31(26-9-3-1-8-24(26)20-40-43-38)47-32(41-34)22-13-15-25(16-14-22)46-18-6-17-44/h1-5,7-16,31,39,44H,6,17-21H2,(H,42,45)/t31-,34-/m0/s1. The van der Waals surface area contributed by atoms with Gasteiger partial charge < -0.3 is 14.6 Å². The normalized spacial score (nSPS) is 16.9. The van der Waals surface area contributed by atoms with Crippen molar-refractivity contribution in [3.05, 3.63) is 145 Å². The molecule has 1 aliphatic heterocycles. The number of rotatable bonds is 14. The summed E-state index contributed by atoms with van der Waals surface area (Å²) in [6.45, 7) is 0.0231. The number of nitrogens with one attached hydrogen (secondary N) is 2. The zero-order valence-electron chi connectivity index (χ0n) is 25.1. The third-order valence-corrected chi connectivity index (χ3v) is 8.39. The number of aliphatic hydroxyl groups excluding tert-OH is 1. The van der Waals surface area contributed by atoms with Gasteiger partial charge >= 0.3 is 0 Å². The van der Waals surface area contributed by atoms with Crippen molar-refractivity contribution in [1.29, 1.82) is 0 Å². The molecule has 4 aromatic carbocycles. The summed E-state index contributed by atoms with van der Waals surface area (Å²) < 4.78 is 41.7. The fourth-order valence-corrected chi connectivity index (χ4v) is 5.68. The van der Waals surface area contributed by atoms with Crippen molar-refractivity contribution < 1.29 is 28.2 Å². The van der Waals surface area contributed by atoms with Crippen LogP contribution in [0.25, 0.3) is 10.4 Å². The van der Waals surface area contributed by atoms with E-state index >= 15 is 0 Å². The smallest absolute Gasteiger partial charge is 0.266 e. The second-order valence-corrected chi connectivity index (χ2v) is 11.5. The molecule has 5 rings (SSSR count). The minimum atomic E-state index is -1.65. The minimum absolute atomic E-state index is 0.000710. The molecular weight excluding hydrogens is 674 g/mol. The first-order valence-corrected chi connectivity index (χ1v) is 15.5. The van der Waals surface area contributed by atoms with Crippen LogP contribution in [-0.4, -0.2) is 35.7 Å². The lowest BCUT2D eigenvalue weighted by Crippen LogP contribution is -2.54. The number of aliphatic imine (C=N–C) groups is 1. The Morgan fingerprint density at radius 1 is 1.02 bits per heavy atom. The highest BCUT2D eigenvalue weighted by molar-refractivity contribution is 9.10. The van der Waals surface area contributed by atoms with E-state index in [1.165, 1.54) is 6.07 Å². The molecule has 0 fully saturated rings. The van der Waals surface area contributed by atoms with E-state index in [1.54, 1.807) is 48.5 Å². The number of benzene rings is 4. The molecule has 1 amide bonds. The first kappa shape index (κ1) is 33.6. The molecule has 0 radical (unpaired) electrons. The molecule has 242 valence electrons. The zero-order valence-corrected chi connectivity index (χ0v) is 26.7. The summed E-state index contributed by atoms with van der Waals surface area (Å²) >= 11 is 3.59. The van der Waals surface area contributed by atoms with Crippen LogP contribution in [0.4, 0.5) is 8.78 Å². The van der Waals surface area contributed by atoms with Gasteiger partial charge in [-0.2, -0.15) is 0 Å². The molecule has 3 N–H and O–H groups in total. The number of hydrogen-bond acceptors (Lipinski definition) is 7. The number of nitrogens with zero attached hydrogens (tertiary/aromatic N) is 4. The molecule has 1 heterocycles. The van der Waals surface area contributed by atoms with Crippen molar-refractivity contribution in [3.63, 3.8) is 0 Å². The number of amides is 1. The Bertz CT molecular complexity index is 1780. The Morgan fingerprint density at radius 2 is 1.72 bits per heavy atom. The lowest BCUT2D eigenvalue weighted by Gasteiger charge is -2.32. The average Bonchev–Trinajstić information content (AvgIpc) is 3.47. The van der Waals surface area contributed by atoms with Crippen LogP contribution in [0, 0.1) is 11.6 Å². The van der Waals surface area contributed by atoms with Crippen LogP contribution in [0.1, 0.15) is 40.3 Å². The maximum atomic E-state index is 14.4. The Morgan fingerprint density at radius 3 is 2.43 bits per heavy atom. The number of azide groups is 1. The van der Waals surface area contributed by atoms with Gasteiger partial charge in [-0.1, -0.05) is 69.6 Å². The first-order valence-electron chi connectivity index (χ1n) is 14.7. The number of aliphatic hydroxyl groups is 1. The molecule has 1 aliphatic rings. The maximum Gasteiger partial charge on any atom is 0.266 e. The fraction of sp³-hybridized carbons (Fsp3) is 0.235. The van der Waals surface area contributed by atoms with Crippen LogP contribution in [0.15, 0.2) is 106 Å². The van der Waals surface area contributed by atoms with Gasteiger partial charge in [0.25, 0.3) is 5.91 Å². The van der Waals surface area contributed by atoms with Gasteiger partial charge in [0.05, 0.1) is 13.2 Å². The Kier molecular flexibility index (Phi) is 11.2. The Hall–Kier alpha value is -4.81.